The van der Waals surface area contributed by atoms with Gasteiger partial charge in [-0.1, -0.05) is 23.4 Å². The lowest BCUT2D eigenvalue weighted by molar-refractivity contribution is -0.137. The summed E-state index contributed by atoms with van der Waals surface area (Å²) >= 11 is 0. The van der Waals surface area contributed by atoms with Crippen molar-refractivity contribution in [2.45, 2.75) is 24.9 Å². The molecular weight excluding hydrogens is 359 g/mol. The standard InChI is InChI=1S/C20H14F3NO3/c21-20(22,23)13-8-9-15(17(10-13)26-14-4-2-1-3-5-14)18(25)16-11-24-27-19(16)12-6-7-12/h1-5,8-12H,6-7H2. The number of carbonyl (C=O) groups is 1. The van der Waals surface area contributed by atoms with Crippen LogP contribution in [-0.2, 0) is 6.18 Å². The number of ether oxygens (including phenoxy) is 1. The molecule has 1 aliphatic rings. The zero-order chi connectivity index (χ0) is 19.0. The van der Waals surface area contributed by atoms with Gasteiger partial charge in [-0.05, 0) is 43.2 Å². The van der Waals surface area contributed by atoms with Crippen LogP contribution in [0, 0.1) is 0 Å². The predicted molar refractivity (Wildman–Crippen MR) is 89.9 cm³/mol. The third-order valence-corrected chi connectivity index (χ3v) is 4.32. The molecule has 4 rings (SSSR count). The maximum absolute atomic E-state index is 13.1. The molecule has 3 aromatic rings. The summed E-state index contributed by atoms with van der Waals surface area (Å²) in [6.45, 7) is 0. The second kappa shape index (κ2) is 6.57. The lowest BCUT2D eigenvalue weighted by Crippen LogP contribution is -2.09. The van der Waals surface area contributed by atoms with Crippen molar-refractivity contribution in [1.82, 2.24) is 5.16 Å². The molecule has 1 aromatic heterocycles. The molecule has 1 saturated carbocycles. The molecule has 138 valence electrons. The summed E-state index contributed by atoms with van der Waals surface area (Å²) in [5.41, 5.74) is -0.607. The average molecular weight is 373 g/mol. The minimum Gasteiger partial charge on any atom is -0.457 e. The van der Waals surface area contributed by atoms with E-state index >= 15 is 0 Å². The van der Waals surface area contributed by atoms with Crippen molar-refractivity contribution in [3.8, 4) is 11.5 Å². The van der Waals surface area contributed by atoms with E-state index in [0.29, 0.717) is 11.5 Å². The average Bonchev–Trinajstić information content (AvgIpc) is 3.38. The zero-order valence-electron chi connectivity index (χ0n) is 14.0. The first-order valence-corrected chi connectivity index (χ1v) is 8.37. The van der Waals surface area contributed by atoms with Gasteiger partial charge < -0.3 is 9.26 Å². The highest BCUT2D eigenvalue weighted by Gasteiger charge is 2.35. The Bertz CT molecular complexity index is 976. The Morgan fingerprint density at radius 2 is 1.81 bits per heavy atom. The Balaban J connectivity index is 1.76. The maximum atomic E-state index is 13.1. The molecule has 1 fully saturated rings. The SMILES string of the molecule is O=C(c1ccc(C(F)(F)F)cc1Oc1ccccc1)c1cnoc1C1CC1. The van der Waals surface area contributed by atoms with Gasteiger partial charge in [-0.15, -0.1) is 0 Å². The highest BCUT2D eigenvalue weighted by molar-refractivity contribution is 6.11. The number of nitrogens with zero attached hydrogens (tertiary/aromatic N) is 1. The number of rotatable bonds is 5. The van der Waals surface area contributed by atoms with Crippen LogP contribution in [0.2, 0.25) is 0 Å². The quantitative estimate of drug-likeness (QED) is 0.547. The second-order valence-electron chi connectivity index (χ2n) is 6.33. The minimum absolute atomic E-state index is 0.0250. The van der Waals surface area contributed by atoms with Crippen LogP contribution >= 0.6 is 0 Å². The van der Waals surface area contributed by atoms with Crippen molar-refractivity contribution in [3.63, 3.8) is 0 Å². The van der Waals surface area contributed by atoms with Crippen molar-refractivity contribution in [1.29, 1.82) is 0 Å². The second-order valence-corrected chi connectivity index (χ2v) is 6.33. The van der Waals surface area contributed by atoms with Crippen molar-refractivity contribution in [2.75, 3.05) is 0 Å². The first-order valence-electron chi connectivity index (χ1n) is 8.37. The number of carbonyl (C=O) groups excluding carboxylic acids is 1. The molecule has 0 unspecified atom stereocenters. The molecule has 0 amide bonds. The number of hydrogen-bond acceptors (Lipinski definition) is 4. The predicted octanol–water partition coefficient (Wildman–Crippen LogP) is 5.59. The number of hydrogen-bond donors (Lipinski definition) is 0. The molecule has 0 bridgehead atoms. The van der Waals surface area contributed by atoms with Gasteiger partial charge in [-0.3, -0.25) is 4.79 Å². The largest absolute Gasteiger partial charge is 0.457 e. The molecule has 0 N–H and O–H groups in total. The molecule has 0 aliphatic heterocycles. The third-order valence-electron chi connectivity index (χ3n) is 4.32. The molecule has 0 saturated heterocycles. The van der Waals surface area contributed by atoms with E-state index in [1.807, 2.05) is 0 Å². The monoisotopic (exact) mass is 373 g/mol. The molecule has 4 nitrogen and oxygen atoms in total. The normalized spacial score (nSPS) is 14.2. The third kappa shape index (κ3) is 3.58. The Morgan fingerprint density at radius 3 is 2.48 bits per heavy atom. The summed E-state index contributed by atoms with van der Waals surface area (Å²) in [5, 5.41) is 3.68. The fourth-order valence-electron chi connectivity index (χ4n) is 2.79. The number of benzene rings is 2. The zero-order valence-corrected chi connectivity index (χ0v) is 14.0. The summed E-state index contributed by atoms with van der Waals surface area (Å²) < 4.78 is 50.2. The lowest BCUT2D eigenvalue weighted by Gasteiger charge is -2.14. The van der Waals surface area contributed by atoms with E-state index in [1.54, 1.807) is 30.3 Å². The van der Waals surface area contributed by atoms with Gasteiger partial charge in [0.2, 0.25) is 5.78 Å². The molecular formula is C20H14F3NO3. The van der Waals surface area contributed by atoms with E-state index in [4.69, 9.17) is 9.26 Å². The fraction of sp³-hybridized carbons (Fsp3) is 0.200. The molecule has 0 radical (unpaired) electrons. The van der Waals surface area contributed by atoms with Crippen LogP contribution < -0.4 is 4.74 Å². The Labute approximate surface area is 152 Å². The summed E-state index contributed by atoms with van der Waals surface area (Å²) in [4.78, 5) is 13.0. The van der Waals surface area contributed by atoms with E-state index in [0.717, 1.165) is 31.0 Å². The van der Waals surface area contributed by atoms with Crippen LogP contribution in [0.25, 0.3) is 0 Å². The van der Waals surface area contributed by atoms with E-state index in [2.05, 4.69) is 5.16 Å². The van der Waals surface area contributed by atoms with Crippen molar-refractivity contribution in [3.05, 3.63) is 77.2 Å². The van der Waals surface area contributed by atoms with E-state index in [1.165, 1.54) is 6.20 Å². The van der Waals surface area contributed by atoms with Crippen LogP contribution in [0.15, 0.2) is 59.3 Å². The Hall–Kier alpha value is -3.09. The van der Waals surface area contributed by atoms with Gasteiger partial charge in [0.25, 0.3) is 0 Å². The smallest absolute Gasteiger partial charge is 0.416 e. The summed E-state index contributed by atoms with van der Waals surface area (Å²) in [5.74, 6) is 0.310. The van der Waals surface area contributed by atoms with Gasteiger partial charge in [-0.25, -0.2) is 0 Å². The number of aromatic nitrogens is 1. The summed E-state index contributed by atoms with van der Waals surface area (Å²) in [7, 11) is 0. The van der Waals surface area contributed by atoms with Gasteiger partial charge in [-0.2, -0.15) is 13.2 Å². The van der Waals surface area contributed by atoms with E-state index in [-0.39, 0.29) is 22.8 Å². The van der Waals surface area contributed by atoms with Gasteiger partial charge in [0, 0.05) is 5.92 Å². The molecule has 1 aliphatic carbocycles. The Kier molecular flexibility index (Phi) is 4.22. The maximum Gasteiger partial charge on any atom is 0.416 e. The molecule has 0 spiro atoms. The van der Waals surface area contributed by atoms with Crippen LogP contribution in [0.5, 0.6) is 11.5 Å². The molecule has 2 aromatic carbocycles. The number of alkyl halides is 3. The highest BCUT2D eigenvalue weighted by Crippen LogP contribution is 2.43. The van der Waals surface area contributed by atoms with Crippen LogP contribution in [-0.4, -0.2) is 10.9 Å². The van der Waals surface area contributed by atoms with E-state index in [9.17, 15) is 18.0 Å². The van der Waals surface area contributed by atoms with Crippen molar-refractivity contribution < 1.29 is 27.2 Å². The number of halogens is 3. The Morgan fingerprint density at radius 1 is 1.07 bits per heavy atom. The first-order chi connectivity index (χ1) is 12.9. The molecule has 0 atom stereocenters. The lowest BCUT2D eigenvalue weighted by atomic mass is 10.00. The van der Waals surface area contributed by atoms with Gasteiger partial charge >= 0.3 is 6.18 Å². The first kappa shape index (κ1) is 17.3. The van der Waals surface area contributed by atoms with Crippen LogP contribution in [0.1, 0.15) is 46.0 Å². The van der Waals surface area contributed by atoms with Crippen LogP contribution in [0.4, 0.5) is 13.2 Å². The molecule has 27 heavy (non-hydrogen) atoms. The van der Waals surface area contributed by atoms with Crippen LogP contribution in [0.3, 0.4) is 0 Å². The highest BCUT2D eigenvalue weighted by atomic mass is 19.4. The number of ketones is 1. The van der Waals surface area contributed by atoms with Crippen molar-refractivity contribution >= 4 is 5.78 Å². The topological polar surface area (TPSA) is 52.3 Å². The number of para-hydroxylation sites is 1. The molecule has 1 heterocycles. The summed E-state index contributed by atoms with van der Waals surface area (Å²) in [6.07, 6.45) is -1.45. The molecule has 7 heteroatoms. The van der Waals surface area contributed by atoms with Gasteiger partial charge in [0.15, 0.2) is 5.76 Å². The van der Waals surface area contributed by atoms with E-state index < -0.39 is 17.5 Å². The summed E-state index contributed by atoms with van der Waals surface area (Å²) in [6, 6.07) is 11.2. The van der Waals surface area contributed by atoms with Gasteiger partial charge in [0.1, 0.15) is 11.5 Å². The van der Waals surface area contributed by atoms with Crippen molar-refractivity contribution in [2.24, 2.45) is 0 Å². The minimum atomic E-state index is -4.55. The van der Waals surface area contributed by atoms with Gasteiger partial charge in [0.05, 0.1) is 22.9 Å². The fourth-order valence-corrected chi connectivity index (χ4v) is 2.79.